The van der Waals surface area contributed by atoms with Crippen molar-refractivity contribution in [3.63, 3.8) is 0 Å². The van der Waals surface area contributed by atoms with Gasteiger partial charge in [-0.2, -0.15) is 8.75 Å². The van der Waals surface area contributed by atoms with Crippen LogP contribution in [-0.4, -0.2) is 31.2 Å². The van der Waals surface area contributed by atoms with Crippen molar-refractivity contribution < 1.29 is 4.79 Å². The molecular formula is C20H19N7OS. The molecule has 8 nitrogen and oxygen atoms in total. The molecule has 0 atom stereocenters. The molecule has 29 heavy (non-hydrogen) atoms. The maximum Gasteiger partial charge on any atom is 0.255 e. The number of carbonyl (C=O) groups is 1. The third-order valence-electron chi connectivity index (χ3n) is 4.13. The van der Waals surface area contributed by atoms with E-state index in [0.29, 0.717) is 22.9 Å². The summed E-state index contributed by atoms with van der Waals surface area (Å²) in [4.78, 5) is 21.2. The first-order valence-electron chi connectivity index (χ1n) is 9.11. The molecule has 146 valence electrons. The Hall–Kier alpha value is -3.59. The average Bonchev–Trinajstić information content (AvgIpc) is 3.17. The van der Waals surface area contributed by atoms with Gasteiger partial charge in [-0.25, -0.2) is 9.97 Å². The average molecular weight is 405 g/mol. The minimum absolute atomic E-state index is 0.192. The van der Waals surface area contributed by atoms with Crippen LogP contribution >= 0.6 is 11.7 Å². The van der Waals surface area contributed by atoms with Gasteiger partial charge >= 0.3 is 0 Å². The highest BCUT2D eigenvalue weighted by Crippen LogP contribution is 2.20. The van der Waals surface area contributed by atoms with Crippen LogP contribution in [0.15, 0.2) is 48.5 Å². The molecule has 0 fully saturated rings. The highest BCUT2D eigenvalue weighted by Gasteiger charge is 2.09. The molecule has 0 saturated heterocycles. The third-order valence-corrected chi connectivity index (χ3v) is 4.68. The van der Waals surface area contributed by atoms with Crippen molar-refractivity contribution in [1.29, 1.82) is 0 Å². The molecule has 2 aromatic carbocycles. The molecule has 0 radical (unpaired) electrons. The van der Waals surface area contributed by atoms with E-state index in [1.807, 2.05) is 44.2 Å². The number of anilines is 4. The number of nitrogens with one attached hydrogen (secondary N) is 3. The molecular weight excluding hydrogens is 386 g/mol. The molecule has 2 aromatic heterocycles. The molecule has 1 amide bonds. The van der Waals surface area contributed by atoms with Crippen molar-refractivity contribution in [3.05, 3.63) is 59.9 Å². The summed E-state index contributed by atoms with van der Waals surface area (Å²) >= 11 is 1.13. The minimum Gasteiger partial charge on any atom is -0.370 e. The molecule has 4 rings (SSSR count). The first kappa shape index (κ1) is 18.8. The monoisotopic (exact) mass is 405 g/mol. The molecule has 0 aliphatic carbocycles. The molecule has 0 aliphatic rings. The largest absolute Gasteiger partial charge is 0.370 e. The van der Waals surface area contributed by atoms with E-state index >= 15 is 0 Å². The lowest BCUT2D eigenvalue weighted by atomic mass is 10.2. The lowest BCUT2D eigenvalue weighted by Crippen LogP contribution is -2.11. The zero-order chi connectivity index (χ0) is 20.2. The summed E-state index contributed by atoms with van der Waals surface area (Å²) in [7, 11) is 0. The van der Waals surface area contributed by atoms with Crippen LogP contribution in [-0.2, 0) is 0 Å². The standard InChI is InChI=1S/C20H19N7OS/c1-3-21-18-11-19(23-12(2)22-18)24-14-5-7-15(8-6-14)25-20(28)13-4-9-16-17(10-13)27-29-26-16/h4-11H,3H2,1-2H3,(H,25,28)(H2,21,22,23,24). The molecule has 4 aromatic rings. The van der Waals surface area contributed by atoms with Crippen molar-refractivity contribution in [3.8, 4) is 0 Å². The van der Waals surface area contributed by atoms with Gasteiger partial charge in [-0.05, 0) is 56.3 Å². The Kier molecular flexibility index (Phi) is 5.30. The van der Waals surface area contributed by atoms with Crippen LogP contribution in [0.25, 0.3) is 11.0 Å². The van der Waals surface area contributed by atoms with Crippen LogP contribution < -0.4 is 16.0 Å². The summed E-state index contributed by atoms with van der Waals surface area (Å²) in [5, 5.41) is 9.33. The maximum absolute atomic E-state index is 12.5. The first-order valence-corrected chi connectivity index (χ1v) is 9.84. The van der Waals surface area contributed by atoms with Crippen molar-refractivity contribution >= 4 is 51.7 Å². The van der Waals surface area contributed by atoms with Gasteiger partial charge in [0.2, 0.25) is 0 Å². The van der Waals surface area contributed by atoms with Gasteiger partial charge in [-0.1, -0.05) is 0 Å². The van der Waals surface area contributed by atoms with Crippen LogP contribution in [0.1, 0.15) is 23.1 Å². The highest BCUT2D eigenvalue weighted by atomic mass is 32.1. The second-order valence-electron chi connectivity index (χ2n) is 6.34. The number of amides is 1. The minimum atomic E-state index is -0.192. The summed E-state index contributed by atoms with van der Waals surface area (Å²) in [6, 6.07) is 14.6. The van der Waals surface area contributed by atoms with Gasteiger partial charge in [-0.15, -0.1) is 0 Å². The second kappa shape index (κ2) is 8.19. The summed E-state index contributed by atoms with van der Waals surface area (Å²) in [5.41, 5.74) is 3.61. The lowest BCUT2D eigenvalue weighted by molar-refractivity contribution is 0.102. The molecule has 9 heteroatoms. The molecule has 0 bridgehead atoms. The van der Waals surface area contributed by atoms with Crippen LogP contribution in [0.2, 0.25) is 0 Å². The van der Waals surface area contributed by atoms with Gasteiger partial charge in [0, 0.05) is 29.5 Å². The Bertz CT molecular complexity index is 1160. The highest BCUT2D eigenvalue weighted by molar-refractivity contribution is 7.00. The van der Waals surface area contributed by atoms with Gasteiger partial charge < -0.3 is 16.0 Å². The van der Waals surface area contributed by atoms with E-state index in [9.17, 15) is 4.79 Å². The van der Waals surface area contributed by atoms with E-state index in [-0.39, 0.29) is 5.91 Å². The van der Waals surface area contributed by atoms with E-state index in [4.69, 9.17) is 0 Å². The lowest BCUT2D eigenvalue weighted by Gasteiger charge is -2.10. The van der Waals surface area contributed by atoms with E-state index in [2.05, 4.69) is 34.7 Å². The van der Waals surface area contributed by atoms with Crippen molar-refractivity contribution in [1.82, 2.24) is 18.7 Å². The Balaban J connectivity index is 1.44. The zero-order valence-electron chi connectivity index (χ0n) is 15.9. The predicted octanol–water partition coefficient (Wildman–Crippen LogP) is 4.22. The van der Waals surface area contributed by atoms with Gasteiger partial charge in [0.05, 0.1) is 11.7 Å². The van der Waals surface area contributed by atoms with Crippen LogP contribution in [0, 0.1) is 6.92 Å². The topological polar surface area (TPSA) is 105 Å². The first-order chi connectivity index (χ1) is 14.1. The Morgan fingerprint density at radius 3 is 2.45 bits per heavy atom. The summed E-state index contributed by atoms with van der Waals surface area (Å²) in [5.74, 6) is 1.97. The number of carbonyl (C=O) groups excluding carboxylic acids is 1. The molecule has 0 saturated carbocycles. The van der Waals surface area contributed by atoms with E-state index in [1.165, 1.54) is 0 Å². The summed E-state index contributed by atoms with van der Waals surface area (Å²) < 4.78 is 8.32. The maximum atomic E-state index is 12.5. The van der Waals surface area contributed by atoms with Crippen molar-refractivity contribution in [2.24, 2.45) is 0 Å². The Labute approximate surface area is 171 Å². The van der Waals surface area contributed by atoms with E-state index in [1.54, 1.807) is 18.2 Å². The van der Waals surface area contributed by atoms with Crippen molar-refractivity contribution in [2.45, 2.75) is 13.8 Å². The molecule has 3 N–H and O–H groups in total. The number of aryl methyl sites for hydroxylation is 1. The third kappa shape index (κ3) is 4.46. The fraction of sp³-hybridized carbons (Fsp3) is 0.150. The Morgan fingerprint density at radius 2 is 1.66 bits per heavy atom. The molecule has 0 unspecified atom stereocenters. The van der Waals surface area contributed by atoms with E-state index < -0.39 is 0 Å². The van der Waals surface area contributed by atoms with Crippen LogP contribution in [0.5, 0.6) is 0 Å². The van der Waals surface area contributed by atoms with Gasteiger partial charge in [0.15, 0.2) is 0 Å². The van der Waals surface area contributed by atoms with E-state index in [0.717, 1.165) is 40.8 Å². The smallest absolute Gasteiger partial charge is 0.255 e. The fourth-order valence-corrected chi connectivity index (χ4v) is 3.33. The van der Waals surface area contributed by atoms with Gasteiger partial charge in [0.1, 0.15) is 28.5 Å². The molecule has 0 spiro atoms. The molecule has 0 aliphatic heterocycles. The van der Waals surface area contributed by atoms with Gasteiger partial charge in [-0.3, -0.25) is 4.79 Å². The zero-order valence-corrected chi connectivity index (χ0v) is 16.7. The molecule has 2 heterocycles. The summed E-state index contributed by atoms with van der Waals surface area (Å²) in [6.45, 7) is 4.66. The number of fused-ring (bicyclic) bond motifs is 1. The number of hydrogen-bond acceptors (Lipinski definition) is 8. The number of benzene rings is 2. The summed E-state index contributed by atoms with van der Waals surface area (Å²) in [6.07, 6.45) is 0. The quantitative estimate of drug-likeness (QED) is 0.441. The van der Waals surface area contributed by atoms with Gasteiger partial charge in [0.25, 0.3) is 5.91 Å². The number of aromatic nitrogens is 4. The number of hydrogen-bond donors (Lipinski definition) is 3. The van der Waals surface area contributed by atoms with Crippen LogP contribution in [0.3, 0.4) is 0 Å². The Morgan fingerprint density at radius 1 is 0.931 bits per heavy atom. The van der Waals surface area contributed by atoms with Crippen molar-refractivity contribution in [2.75, 3.05) is 22.5 Å². The predicted molar refractivity (Wildman–Crippen MR) is 116 cm³/mol. The fourth-order valence-electron chi connectivity index (χ4n) is 2.81. The number of rotatable bonds is 6. The number of nitrogens with zero attached hydrogens (tertiary/aromatic N) is 4. The normalized spacial score (nSPS) is 10.7. The second-order valence-corrected chi connectivity index (χ2v) is 6.87. The van der Waals surface area contributed by atoms with Crippen LogP contribution in [0.4, 0.5) is 23.0 Å². The SMILES string of the molecule is CCNc1cc(Nc2ccc(NC(=O)c3ccc4nsnc4c3)cc2)nc(C)n1.